The van der Waals surface area contributed by atoms with Gasteiger partial charge in [-0.2, -0.15) is 0 Å². The zero-order chi connectivity index (χ0) is 12.8. The molecule has 96 valence electrons. The first-order valence-corrected chi connectivity index (χ1v) is 5.79. The molecule has 0 saturated carbocycles. The van der Waals surface area contributed by atoms with Gasteiger partial charge in [-0.3, -0.25) is 0 Å². The monoisotopic (exact) mass is 240 g/mol. The van der Waals surface area contributed by atoms with Crippen molar-refractivity contribution in [1.82, 2.24) is 0 Å². The fraction of sp³-hybridized carbons (Fsp3) is 0.538. The van der Waals surface area contributed by atoms with Crippen molar-refractivity contribution in [3.8, 4) is 5.75 Å². The van der Waals surface area contributed by atoms with Crippen LogP contribution in [-0.4, -0.2) is 33.4 Å². The fourth-order valence-corrected chi connectivity index (χ4v) is 1.75. The molecule has 0 heterocycles. The van der Waals surface area contributed by atoms with Crippen LogP contribution in [0.5, 0.6) is 5.75 Å². The molecule has 4 heteroatoms. The van der Waals surface area contributed by atoms with E-state index in [1.165, 1.54) is 0 Å². The Kier molecular flexibility index (Phi) is 5.22. The number of benzene rings is 1. The van der Waals surface area contributed by atoms with Gasteiger partial charge in [-0.25, -0.2) is 4.39 Å². The summed E-state index contributed by atoms with van der Waals surface area (Å²) in [7, 11) is 3.98. The molecule has 0 aromatic heterocycles. The predicted octanol–water partition coefficient (Wildman–Crippen LogP) is 1.99. The number of rotatable bonds is 6. The predicted molar refractivity (Wildman–Crippen MR) is 69.6 cm³/mol. The third-order valence-electron chi connectivity index (χ3n) is 2.42. The summed E-state index contributed by atoms with van der Waals surface area (Å²) in [4.78, 5) is 2.04. The number of ether oxygens (including phenoxy) is 1. The highest BCUT2D eigenvalue weighted by molar-refractivity contribution is 5.55. The minimum absolute atomic E-state index is 0.0881. The van der Waals surface area contributed by atoms with Crippen LogP contribution in [0, 0.1) is 0 Å². The highest BCUT2D eigenvalue weighted by atomic mass is 19.1. The topological polar surface area (TPSA) is 38.5 Å². The van der Waals surface area contributed by atoms with Crippen molar-refractivity contribution < 1.29 is 9.13 Å². The molecule has 0 bridgehead atoms. The van der Waals surface area contributed by atoms with Crippen molar-refractivity contribution in [3.05, 3.63) is 23.8 Å². The number of hydrogen-bond donors (Lipinski definition) is 1. The summed E-state index contributed by atoms with van der Waals surface area (Å²) in [6.07, 6.45) is 0.778. The molecule has 2 N–H and O–H groups in total. The quantitative estimate of drug-likeness (QED) is 0.826. The van der Waals surface area contributed by atoms with Gasteiger partial charge in [-0.1, -0.05) is 0 Å². The van der Waals surface area contributed by atoms with Crippen LogP contribution in [-0.2, 0) is 6.42 Å². The molecule has 0 amide bonds. The third kappa shape index (κ3) is 4.23. The molecule has 1 aromatic carbocycles. The Bertz CT molecular complexity index is 353. The van der Waals surface area contributed by atoms with Crippen molar-refractivity contribution in [2.24, 2.45) is 5.73 Å². The Morgan fingerprint density at radius 2 is 2.12 bits per heavy atom. The van der Waals surface area contributed by atoms with Gasteiger partial charge in [-0.15, -0.1) is 0 Å². The van der Waals surface area contributed by atoms with Crippen molar-refractivity contribution in [2.75, 3.05) is 32.3 Å². The van der Waals surface area contributed by atoms with Gasteiger partial charge >= 0.3 is 0 Å². The number of alkyl halides is 1. The molecule has 17 heavy (non-hydrogen) atoms. The summed E-state index contributed by atoms with van der Waals surface area (Å²) in [6, 6.07) is 5.86. The van der Waals surface area contributed by atoms with E-state index in [2.05, 4.69) is 0 Å². The van der Waals surface area contributed by atoms with Crippen LogP contribution in [0.1, 0.15) is 12.5 Å². The average Bonchev–Trinajstić information content (AvgIpc) is 2.25. The molecule has 0 aliphatic carbocycles. The standard InChI is InChI=1S/C13H21FN2O/c1-10(15)8-11-9-12(17-7-6-14)4-5-13(11)16(2)3/h4-5,9-10H,6-8,15H2,1-3H3. The van der Waals surface area contributed by atoms with E-state index in [4.69, 9.17) is 10.5 Å². The molecule has 0 saturated heterocycles. The molecule has 1 rings (SSSR count). The van der Waals surface area contributed by atoms with E-state index in [-0.39, 0.29) is 12.6 Å². The smallest absolute Gasteiger partial charge is 0.123 e. The van der Waals surface area contributed by atoms with Crippen molar-refractivity contribution in [1.29, 1.82) is 0 Å². The lowest BCUT2D eigenvalue weighted by molar-refractivity contribution is 0.273. The molecule has 1 unspecified atom stereocenters. The normalized spacial score (nSPS) is 12.3. The maximum Gasteiger partial charge on any atom is 0.123 e. The zero-order valence-corrected chi connectivity index (χ0v) is 10.7. The van der Waals surface area contributed by atoms with Crippen LogP contribution in [0.25, 0.3) is 0 Å². The van der Waals surface area contributed by atoms with E-state index in [1.54, 1.807) is 0 Å². The number of nitrogens with zero attached hydrogens (tertiary/aromatic N) is 1. The van der Waals surface area contributed by atoms with Crippen LogP contribution >= 0.6 is 0 Å². The highest BCUT2D eigenvalue weighted by Crippen LogP contribution is 2.25. The van der Waals surface area contributed by atoms with Crippen LogP contribution in [0.2, 0.25) is 0 Å². The van der Waals surface area contributed by atoms with Crippen LogP contribution in [0.4, 0.5) is 10.1 Å². The Hall–Kier alpha value is -1.29. The average molecular weight is 240 g/mol. The zero-order valence-electron chi connectivity index (χ0n) is 10.7. The largest absolute Gasteiger partial charge is 0.491 e. The summed E-state index contributed by atoms with van der Waals surface area (Å²) >= 11 is 0. The molecule has 0 spiro atoms. The molecule has 1 aromatic rings. The lowest BCUT2D eigenvalue weighted by Crippen LogP contribution is -2.20. The SMILES string of the molecule is CC(N)Cc1cc(OCCF)ccc1N(C)C. The van der Waals surface area contributed by atoms with Crippen molar-refractivity contribution >= 4 is 5.69 Å². The molecular formula is C13H21FN2O. The second kappa shape index (κ2) is 6.45. The van der Waals surface area contributed by atoms with Crippen LogP contribution in [0.3, 0.4) is 0 Å². The fourth-order valence-electron chi connectivity index (χ4n) is 1.75. The summed E-state index contributed by atoms with van der Waals surface area (Å²) in [5, 5.41) is 0. The van der Waals surface area contributed by atoms with E-state index < -0.39 is 6.67 Å². The lowest BCUT2D eigenvalue weighted by Gasteiger charge is -2.19. The highest BCUT2D eigenvalue weighted by Gasteiger charge is 2.08. The van der Waals surface area contributed by atoms with Crippen molar-refractivity contribution in [2.45, 2.75) is 19.4 Å². The van der Waals surface area contributed by atoms with Crippen LogP contribution < -0.4 is 15.4 Å². The Morgan fingerprint density at radius 1 is 1.41 bits per heavy atom. The van der Waals surface area contributed by atoms with E-state index in [0.717, 1.165) is 17.7 Å². The lowest BCUT2D eigenvalue weighted by atomic mass is 10.0. The second-order valence-corrected chi connectivity index (χ2v) is 4.40. The van der Waals surface area contributed by atoms with Gasteiger partial charge in [0, 0.05) is 25.8 Å². The minimum Gasteiger partial charge on any atom is -0.491 e. The third-order valence-corrected chi connectivity index (χ3v) is 2.42. The molecule has 0 radical (unpaired) electrons. The van der Waals surface area contributed by atoms with Gasteiger partial charge in [0.2, 0.25) is 0 Å². The van der Waals surface area contributed by atoms with E-state index in [9.17, 15) is 4.39 Å². The van der Waals surface area contributed by atoms with E-state index in [0.29, 0.717) is 5.75 Å². The van der Waals surface area contributed by atoms with Gasteiger partial charge in [0.1, 0.15) is 19.0 Å². The minimum atomic E-state index is -0.474. The van der Waals surface area contributed by atoms with Gasteiger partial charge in [-0.05, 0) is 37.1 Å². The summed E-state index contributed by atoms with van der Waals surface area (Å²) in [6.45, 7) is 1.59. The van der Waals surface area contributed by atoms with Gasteiger partial charge in [0.15, 0.2) is 0 Å². The second-order valence-electron chi connectivity index (χ2n) is 4.40. The first-order chi connectivity index (χ1) is 8.04. The molecular weight excluding hydrogens is 219 g/mol. The Labute approximate surface area is 102 Å². The van der Waals surface area contributed by atoms with Gasteiger partial charge in [0.05, 0.1) is 0 Å². The number of nitrogens with two attached hydrogens (primary N) is 1. The molecule has 1 atom stereocenters. The summed E-state index contributed by atoms with van der Waals surface area (Å²) < 4.78 is 17.3. The first kappa shape index (κ1) is 13.8. The molecule has 0 fully saturated rings. The first-order valence-electron chi connectivity index (χ1n) is 5.79. The molecule has 3 nitrogen and oxygen atoms in total. The summed E-state index contributed by atoms with van der Waals surface area (Å²) in [5.41, 5.74) is 8.07. The Balaban J connectivity index is 2.93. The number of halogens is 1. The number of hydrogen-bond acceptors (Lipinski definition) is 3. The maximum absolute atomic E-state index is 12.0. The van der Waals surface area contributed by atoms with Crippen LogP contribution in [0.15, 0.2) is 18.2 Å². The molecule has 0 aliphatic heterocycles. The van der Waals surface area contributed by atoms with E-state index in [1.807, 2.05) is 44.1 Å². The molecule has 0 aliphatic rings. The van der Waals surface area contributed by atoms with Crippen molar-refractivity contribution in [3.63, 3.8) is 0 Å². The Morgan fingerprint density at radius 3 is 2.65 bits per heavy atom. The summed E-state index contributed by atoms with van der Waals surface area (Å²) in [5.74, 6) is 0.698. The van der Waals surface area contributed by atoms with E-state index >= 15 is 0 Å². The van der Waals surface area contributed by atoms with Gasteiger partial charge in [0.25, 0.3) is 0 Å². The number of anilines is 1. The maximum atomic E-state index is 12.0. The van der Waals surface area contributed by atoms with Gasteiger partial charge < -0.3 is 15.4 Å².